The van der Waals surface area contributed by atoms with Crippen molar-refractivity contribution in [2.75, 3.05) is 6.61 Å². The van der Waals surface area contributed by atoms with Crippen LogP contribution in [0.3, 0.4) is 0 Å². The van der Waals surface area contributed by atoms with Crippen molar-refractivity contribution in [1.29, 1.82) is 0 Å². The first-order chi connectivity index (χ1) is 19.5. The largest absolute Gasteiger partial charge is 0.508 e. The van der Waals surface area contributed by atoms with Crippen LogP contribution >= 0.6 is 0 Å². The molecule has 4 unspecified atom stereocenters. The summed E-state index contributed by atoms with van der Waals surface area (Å²) in [5.41, 5.74) is 0.451. The fourth-order valence-electron chi connectivity index (χ4n) is 4.70. The molecule has 2 aliphatic heterocycles. The highest BCUT2D eigenvalue weighted by atomic mass is 16.7. The van der Waals surface area contributed by atoms with Crippen molar-refractivity contribution in [1.82, 2.24) is 0 Å². The van der Waals surface area contributed by atoms with E-state index in [2.05, 4.69) is 0 Å². The molecule has 3 aromatic rings. The third-order valence-electron chi connectivity index (χ3n) is 7.07. The third-order valence-corrected chi connectivity index (χ3v) is 7.07. The van der Waals surface area contributed by atoms with Gasteiger partial charge in [-0.25, -0.2) is 4.42 Å². The van der Waals surface area contributed by atoms with Gasteiger partial charge in [-0.1, -0.05) is 0 Å². The summed E-state index contributed by atoms with van der Waals surface area (Å²) in [5, 5.41) is 91.3. The molecule has 5 rings (SSSR count). The van der Waals surface area contributed by atoms with Crippen molar-refractivity contribution < 1.29 is 69.3 Å². The van der Waals surface area contributed by atoms with Crippen molar-refractivity contribution in [2.24, 2.45) is 0 Å². The Balaban J connectivity index is 1.59. The molecule has 2 fully saturated rings. The molecule has 0 amide bonds. The molecule has 0 saturated carbocycles. The Kier molecular flexibility index (Phi) is 8.20. The molecule has 0 spiro atoms. The van der Waals surface area contributed by atoms with Gasteiger partial charge in [0.2, 0.25) is 18.3 Å². The highest BCUT2D eigenvalue weighted by Crippen LogP contribution is 2.42. The number of aliphatic hydroxyl groups excluding tert-OH is 7. The lowest BCUT2D eigenvalue weighted by Gasteiger charge is -2.39. The van der Waals surface area contributed by atoms with E-state index in [-0.39, 0.29) is 39.7 Å². The van der Waals surface area contributed by atoms with Gasteiger partial charge in [0.1, 0.15) is 65.4 Å². The molecule has 14 nitrogen and oxygen atoms in total. The Morgan fingerprint density at radius 3 is 1.98 bits per heavy atom. The molecule has 0 radical (unpaired) electrons. The smallest absolute Gasteiger partial charge is 0.402 e. The van der Waals surface area contributed by atoms with Crippen LogP contribution in [0.25, 0.3) is 22.3 Å². The van der Waals surface area contributed by atoms with E-state index in [9.17, 15) is 46.0 Å². The molecule has 9 N–H and O–H groups in total. The Labute approximate surface area is 232 Å². The molecular formula is C27H31O14+. The van der Waals surface area contributed by atoms with Crippen LogP contribution in [0.1, 0.15) is 6.92 Å². The lowest BCUT2D eigenvalue weighted by molar-refractivity contribution is -0.277. The number of aliphatic hydroxyl groups is 7. The van der Waals surface area contributed by atoms with Crippen molar-refractivity contribution in [3.8, 4) is 34.3 Å². The van der Waals surface area contributed by atoms with E-state index >= 15 is 0 Å². The first-order valence-corrected chi connectivity index (χ1v) is 12.7. The van der Waals surface area contributed by atoms with E-state index in [1.807, 2.05) is 0 Å². The molecule has 2 aliphatic rings. The van der Waals surface area contributed by atoms with Gasteiger partial charge in [0.15, 0.2) is 0 Å². The average molecular weight is 580 g/mol. The number of aromatic hydroxyl groups is 2. The van der Waals surface area contributed by atoms with Gasteiger partial charge in [0, 0.05) is 12.1 Å². The molecular weight excluding hydrogens is 548 g/mol. The summed E-state index contributed by atoms with van der Waals surface area (Å²) in [6.07, 6.45) is -14.9. The third kappa shape index (κ3) is 5.61. The summed E-state index contributed by atoms with van der Waals surface area (Å²) >= 11 is 0. The van der Waals surface area contributed by atoms with Gasteiger partial charge in [-0.2, -0.15) is 0 Å². The Bertz CT molecular complexity index is 1360. The van der Waals surface area contributed by atoms with Gasteiger partial charge in [0.25, 0.3) is 0 Å². The number of hydrogen-bond acceptors (Lipinski definition) is 13. The molecule has 2 saturated heterocycles. The van der Waals surface area contributed by atoms with Crippen LogP contribution in [0.4, 0.5) is 0 Å². The Morgan fingerprint density at radius 1 is 0.707 bits per heavy atom. The summed E-state index contributed by atoms with van der Waals surface area (Å²) in [5.74, 6) is -0.451. The predicted molar refractivity (Wildman–Crippen MR) is 137 cm³/mol. The monoisotopic (exact) mass is 579 g/mol. The average Bonchev–Trinajstić information content (AvgIpc) is 2.95. The minimum Gasteiger partial charge on any atom is -0.508 e. The topological polar surface area (TPSA) is 230 Å². The van der Waals surface area contributed by atoms with Crippen LogP contribution in [0.2, 0.25) is 0 Å². The van der Waals surface area contributed by atoms with Gasteiger partial charge >= 0.3 is 11.3 Å². The van der Waals surface area contributed by atoms with Crippen molar-refractivity contribution in [3.05, 3.63) is 42.5 Å². The maximum Gasteiger partial charge on any atom is 0.402 e. The maximum atomic E-state index is 10.5. The first-order valence-electron chi connectivity index (χ1n) is 12.7. The van der Waals surface area contributed by atoms with E-state index in [1.54, 1.807) is 0 Å². The van der Waals surface area contributed by atoms with E-state index in [0.717, 1.165) is 6.07 Å². The number of fused-ring (bicyclic) bond motifs is 1. The van der Waals surface area contributed by atoms with E-state index in [1.165, 1.54) is 43.3 Å². The van der Waals surface area contributed by atoms with Crippen LogP contribution < -0.4 is 9.47 Å². The summed E-state index contributed by atoms with van der Waals surface area (Å²) in [6, 6.07) is 9.64. The second kappa shape index (κ2) is 11.5. The molecule has 14 heteroatoms. The maximum absolute atomic E-state index is 10.5. The number of ether oxygens (including phenoxy) is 4. The molecule has 1 aromatic heterocycles. The number of benzene rings is 2. The summed E-state index contributed by atoms with van der Waals surface area (Å²) in [6.45, 7) is 0.800. The van der Waals surface area contributed by atoms with Gasteiger partial charge in [-0.3, -0.25) is 0 Å². The van der Waals surface area contributed by atoms with E-state index in [4.69, 9.17) is 23.4 Å². The minimum absolute atomic E-state index is 0.0261. The van der Waals surface area contributed by atoms with Gasteiger partial charge in [-0.05, 0) is 31.2 Å². The molecule has 10 atom stereocenters. The molecule has 222 valence electrons. The van der Waals surface area contributed by atoms with Crippen LogP contribution in [-0.2, 0) is 9.47 Å². The molecule has 41 heavy (non-hydrogen) atoms. The molecule has 3 heterocycles. The number of hydrogen-bond donors (Lipinski definition) is 9. The summed E-state index contributed by atoms with van der Waals surface area (Å²) in [4.78, 5) is 0. The Hall–Kier alpha value is -3.31. The van der Waals surface area contributed by atoms with Crippen LogP contribution in [0, 0.1) is 0 Å². The SMILES string of the molecule is CC1O[C@@H](Oc2cc3c(O[C@@H]4OC(CO)[C@@H](O)[C@H](O)C4O)cc(O)cc3[o+]c2-c2ccc(O)cc2)[C@@H](O)C(O)[C@H]1O. The van der Waals surface area contributed by atoms with Crippen molar-refractivity contribution in [2.45, 2.75) is 68.3 Å². The zero-order chi connectivity index (χ0) is 29.6. The summed E-state index contributed by atoms with van der Waals surface area (Å²) < 4.78 is 28.8. The zero-order valence-electron chi connectivity index (χ0n) is 21.6. The van der Waals surface area contributed by atoms with E-state index < -0.39 is 68.0 Å². The number of phenolic OH excluding ortho intramolecular Hbond substituents is 2. The number of rotatable bonds is 6. The highest BCUT2D eigenvalue weighted by Gasteiger charge is 2.46. The normalized spacial score (nSPS) is 34.0. The fourth-order valence-corrected chi connectivity index (χ4v) is 4.70. The van der Waals surface area contributed by atoms with Crippen LogP contribution in [0.15, 0.2) is 46.9 Å². The second-order valence-electron chi connectivity index (χ2n) is 9.96. The lowest BCUT2D eigenvalue weighted by Crippen LogP contribution is -2.60. The van der Waals surface area contributed by atoms with Crippen LogP contribution in [0.5, 0.6) is 23.0 Å². The van der Waals surface area contributed by atoms with Crippen molar-refractivity contribution in [3.63, 3.8) is 0 Å². The lowest BCUT2D eigenvalue weighted by atomic mass is 9.99. The number of phenols is 2. The predicted octanol–water partition coefficient (Wildman–Crippen LogP) is -0.823. The van der Waals surface area contributed by atoms with Crippen molar-refractivity contribution >= 4 is 11.0 Å². The van der Waals surface area contributed by atoms with Gasteiger partial charge in [0.05, 0.1) is 24.3 Å². The van der Waals surface area contributed by atoms with E-state index in [0.29, 0.717) is 5.56 Å². The van der Waals surface area contributed by atoms with Gasteiger partial charge < -0.3 is 64.9 Å². The van der Waals surface area contributed by atoms with Crippen LogP contribution in [-0.4, -0.2) is 114 Å². The summed E-state index contributed by atoms with van der Waals surface area (Å²) in [7, 11) is 0. The molecule has 0 aliphatic carbocycles. The minimum atomic E-state index is -1.74. The zero-order valence-corrected chi connectivity index (χ0v) is 21.6. The second-order valence-corrected chi connectivity index (χ2v) is 9.96. The quantitative estimate of drug-likeness (QED) is 0.163. The standard InChI is InChI=1S/C27H30O14/c1-10-19(31)21(33)23(35)26(37-10)40-17-8-14-15(38-25(17)11-2-4-12(29)5-3-11)6-13(30)7-16(14)39-27-24(36)22(34)20(32)18(9-28)41-27/h2-8,10,18-24,26-28,31-36H,9H2,1H3,(H-,29,30)/p+1/t10?,18?,19-,20+,21?,22-,23-,24?,26-,27+/m0/s1. The fraction of sp³-hybridized carbons (Fsp3) is 0.444. The first kappa shape index (κ1) is 29.2. The molecule has 2 aromatic carbocycles. The van der Waals surface area contributed by atoms with Gasteiger partial charge in [-0.15, -0.1) is 0 Å². The highest BCUT2D eigenvalue weighted by molar-refractivity contribution is 5.88. The molecule has 0 bridgehead atoms. The Morgan fingerprint density at radius 2 is 1.32 bits per heavy atom.